The van der Waals surface area contributed by atoms with E-state index in [2.05, 4.69) is 55.6 Å². The van der Waals surface area contributed by atoms with Crippen LogP contribution in [0.1, 0.15) is 32.3 Å². The highest BCUT2D eigenvalue weighted by atomic mass is 15.0. The summed E-state index contributed by atoms with van der Waals surface area (Å²) in [4.78, 5) is 0. The van der Waals surface area contributed by atoms with Gasteiger partial charge in [0.25, 0.3) is 0 Å². The van der Waals surface area contributed by atoms with E-state index in [1.54, 1.807) is 0 Å². The lowest BCUT2D eigenvalue weighted by Crippen LogP contribution is -2.41. The van der Waals surface area contributed by atoms with Crippen LogP contribution in [0.3, 0.4) is 0 Å². The van der Waals surface area contributed by atoms with Crippen LogP contribution in [0.2, 0.25) is 0 Å². The summed E-state index contributed by atoms with van der Waals surface area (Å²) in [6.45, 7) is 4.56. The summed E-state index contributed by atoms with van der Waals surface area (Å²) in [5.41, 5.74) is 3.07. The van der Waals surface area contributed by atoms with Crippen molar-refractivity contribution in [2.24, 2.45) is 0 Å². The molecule has 0 bridgehead atoms. The van der Waals surface area contributed by atoms with E-state index in [0.29, 0.717) is 0 Å². The van der Waals surface area contributed by atoms with Gasteiger partial charge in [0, 0.05) is 16.6 Å². The van der Waals surface area contributed by atoms with E-state index >= 15 is 0 Å². The molecule has 88 valence electrons. The summed E-state index contributed by atoms with van der Waals surface area (Å²) >= 11 is 0. The average molecular weight is 225 g/mol. The van der Waals surface area contributed by atoms with Crippen molar-refractivity contribution in [1.29, 1.82) is 0 Å². The average Bonchev–Trinajstić information content (AvgIpc) is 2.39. The summed E-state index contributed by atoms with van der Waals surface area (Å²) < 4.78 is 0. The molecule has 0 unspecified atom stereocenters. The van der Waals surface area contributed by atoms with Crippen molar-refractivity contribution < 1.29 is 0 Å². The summed E-state index contributed by atoms with van der Waals surface area (Å²) in [6, 6.07) is 13.2. The van der Waals surface area contributed by atoms with Crippen molar-refractivity contribution in [3.63, 3.8) is 0 Å². The van der Waals surface area contributed by atoms with Gasteiger partial charge < -0.3 is 5.32 Å². The molecule has 2 aromatic carbocycles. The zero-order chi connectivity index (χ0) is 11.9. The SMILES string of the molecule is CCC1(CC)Cc2cccc3cccc(c23)N1. The van der Waals surface area contributed by atoms with E-state index in [9.17, 15) is 0 Å². The van der Waals surface area contributed by atoms with Crippen LogP contribution in [0, 0.1) is 0 Å². The van der Waals surface area contributed by atoms with Gasteiger partial charge in [-0.1, -0.05) is 44.2 Å². The number of anilines is 1. The highest BCUT2D eigenvalue weighted by Gasteiger charge is 2.31. The summed E-state index contributed by atoms with van der Waals surface area (Å²) in [5, 5.41) is 6.55. The second-order valence-electron chi connectivity index (χ2n) is 5.11. The Balaban J connectivity index is 2.23. The summed E-state index contributed by atoms with van der Waals surface area (Å²) in [7, 11) is 0. The van der Waals surface area contributed by atoms with Crippen molar-refractivity contribution in [2.45, 2.75) is 38.6 Å². The van der Waals surface area contributed by atoms with Crippen LogP contribution in [0.5, 0.6) is 0 Å². The molecule has 1 aliphatic heterocycles. The summed E-state index contributed by atoms with van der Waals surface area (Å²) in [5.74, 6) is 0. The first-order valence-corrected chi connectivity index (χ1v) is 6.57. The van der Waals surface area contributed by atoms with Gasteiger partial charge in [-0.25, -0.2) is 0 Å². The molecule has 0 radical (unpaired) electrons. The molecule has 2 aromatic rings. The number of hydrogen-bond acceptors (Lipinski definition) is 1. The fourth-order valence-electron chi connectivity index (χ4n) is 3.04. The smallest absolute Gasteiger partial charge is 0.0427 e. The predicted octanol–water partition coefficient (Wildman–Crippen LogP) is 4.37. The lowest BCUT2D eigenvalue weighted by molar-refractivity contribution is 0.429. The highest BCUT2D eigenvalue weighted by molar-refractivity contribution is 5.98. The van der Waals surface area contributed by atoms with Crippen molar-refractivity contribution >= 4 is 16.5 Å². The van der Waals surface area contributed by atoms with Crippen LogP contribution in [-0.4, -0.2) is 5.54 Å². The molecule has 0 aromatic heterocycles. The van der Waals surface area contributed by atoms with Crippen LogP contribution < -0.4 is 5.32 Å². The van der Waals surface area contributed by atoms with Crippen molar-refractivity contribution in [3.05, 3.63) is 42.0 Å². The topological polar surface area (TPSA) is 12.0 Å². The molecule has 17 heavy (non-hydrogen) atoms. The minimum Gasteiger partial charge on any atom is -0.379 e. The Morgan fingerprint density at radius 3 is 2.47 bits per heavy atom. The quantitative estimate of drug-likeness (QED) is 0.800. The van der Waals surface area contributed by atoms with E-state index in [1.165, 1.54) is 34.9 Å². The van der Waals surface area contributed by atoms with Gasteiger partial charge in [0.2, 0.25) is 0 Å². The fraction of sp³-hybridized carbons (Fsp3) is 0.375. The largest absolute Gasteiger partial charge is 0.379 e. The van der Waals surface area contributed by atoms with Crippen LogP contribution >= 0.6 is 0 Å². The van der Waals surface area contributed by atoms with Gasteiger partial charge >= 0.3 is 0 Å². The molecule has 1 heterocycles. The molecule has 3 rings (SSSR count). The molecular weight excluding hydrogens is 206 g/mol. The van der Waals surface area contributed by atoms with Gasteiger partial charge in [0.15, 0.2) is 0 Å². The van der Waals surface area contributed by atoms with E-state index in [4.69, 9.17) is 0 Å². The first kappa shape index (κ1) is 10.6. The number of nitrogens with one attached hydrogen (secondary N) is 1. The number of benzene rings is 2. The normalized spacial score (nSPS) is 16.8. The second kappa shape index (κ2) is 3.76. The van der Waals surface area contributed by atoms with Crippen LogP contribution in [0.25, 0.3) is 10.8 Å². The van der Waals surface area contributed by atoms with E-state index in [1.807, 2.05) is 0 Å². The lowest BCUT2D eigenvalue weighted by Gasteiger charge is -2.39. The third-order valence-corrected chi connectivity index (χ3v) is 4.27. The first-order valence-electron chi connectivity index (χ1n) is 6.57. The molecule has 0 saturated heterocycles. The van der Waals surface area contributed by atoms with Crippen molar-refractivity contribution in [3.8, 4) is 0 Å². The second-order valence-corrected chi connectivity index (χ2v) is 5.11. The van der Waals surface area contributed by atoms with E-state index < -0.39 is 0 Å². The van der Waals surface area contributed by atoms with Crippen LogP contribution in [-0.2, 0) is 6.42 Å². The van der Waals surface area contributed by atoms with Gasteiger partial charge in [-0.05, 0) is 36.3 Å². The van der Waals surface area contributed by atoms with Crippen molar-refractivity contribution in [2.75, 3.05) is 5.32 Å². The Kier molecular flexibility index (Phi) is 2.36. The third kappa shape index (κ3) is 1.53. The molecule has 0 spiro atoms. The van der Waals surface area contributed by atoms with Gasteiger partial charge in [0.05, 0.1) is 0 Å². The van der Waals surface area contributed by atoms with E-state index in [-0.39, 0.29) is 5.54 Å². The molecule has 0 fully saturated rings. The molecule has 1 heteroatoms. The lowest BCUT2D eigenvalue weighted by atomic mass is 9.80. The Morgan fingerprint density at radius 2 is 1.76 bits per heavy atom. The van der Waals surface area contributed by atoms with Gasteiger partial charge in [-0.3, -0.25) is 0 Å². The van der Waals surface area contributed by atoms with Crippen LogP contribution in [0.4, 0.5) is 5.69 Å². The standard InChI is InChI=1S/C16H19N/c1-3-16(4-2)11-13-9-5-7-12-8-6-10-14(17-16)15(12)13/h5-10,17H,3-4,11H2,1-2H3. The van der Waals surface area contributed by atoms with Gasteiger partial charge in [-0.2, -0.15) is 0 Å². The highest BCUT2D eigenvalue weighted by Crippen LogP contribution is 2.38. The maximum Gasteiger partial charge on any atom is 0.0427 e. The molecule has 0 saturated carbocycles. The minimum atomic E-state index is 0.253. The third-order valence-electron chi connectivity index (χ3n) is 4.27. The molecule has 1 aliphatic rings. The number of rotatable bonds is 2. The molecular formula is C16H19N. The van der Waals surface area contributed by atoms with Gasteiger partial charge in [0.1, 0.15) is 0 Å². The molecule has 1 nitrogen and oxygen atoms in total. The van der Waals surface area contributed by atoms with Gasteiger partial charge in [-0.15, -0.1) is 0 Å². The van der Waals surface area contributed by atoms with Crippen LogP contribution in [0.15, 0.2) is 36.4 Å². The Labute approximate surface area is 103 Å². The maximum absolute atomic E-state index is 3.77. The monoisotopic (exact) mass is 225 g/mol. The fourth-order valence-corrected chi connectivity index (χ4v) is 3.04. The molecule has 0 aliphatic carbocycles. The maximum atomic E-state index is 3.77. The van der Waals surface area contributed by atoms with E-state index in [0.717, 1.165) is 6.42 Å². The molecule has 0 amide bonds. The molecule has 0 atom stereocenters. The number of hydrogen-bond donors (Lipinski definition) is 1. The molecule has 1 N–H and O–H groups in total. The minimum absolute atomic E-state index is 0.253. The Morgan fingerprint density at radius 1 is 1.06 bits per heavy atom. The Hall–Kier alpha value is -1.50. The van der Waals surface area contributed by atoms with Crippen molar-refractivity contribution in [1.82, 2.24) is 0 Å². The zero-order valence-electron chi connectivity index (χ0n) is 10.6. The predicted molar refractivity (Wildman–Crippen MR) is 74.6 cm³/mol. The Bertz CT molecular complexity index is 510. The first-order chi connectivity index (χ1) is 8.28. The summed E-state index contributed by atoms with van der Waals surface area (Å²) in [6.07, 6.45) is 3.50. The zero-order valence-corrected chi connectivity index (χ0v) is 10.6.